The number of benzene rings is 1. The number of rotatable bonds is 8. The molecule has 0 saturated carbocycles. The fourth-order valence-corrected chi connectivity index (χ4v) is 3.80. The van der Waals surface area contributed by atoms with Crippen molar-refractivity contribution in [1.82, 2.24) is 20.6 Å². The zero-order valence-corrected chi connectivity index (χ0v) is 21.2. The van der Waals surface area contributed by atoms with E-state index in [1.807, 2.05) is 57.4 Å². The maximum Gasteiger partial charge on any atom is 0.407 e. The van der Waals surface area contributed by atoms with Crippen molar-refractivity contribution in [2.75, 3.05) is 0 Å². The number of aliphatic carboxylic acids is 1. The predicted molar refractivity (Wildman–Crippen MR) is 136 cm³/mol. The van der Waals surface area contributed by atoms with E-state index in [0.29, 0.717) is 12.2 Å². The lowest BCUT2D eigenvalue weighted by Gasteiger charge is -2.25. The average molecular weight is 495 g/mol. The summed E-state index contributed by atoms with van der Waals surface area (Å²) in [6, 6.07) is 6.81. The van der Waals surface area contributed by atoms with Crippen molar-refractivity contribution < 1.29 is 24.2 Å². The van der Waals surface area contributed by atoms with Gasteiger partial charge in [0.15, 0.2) is 5.82 Å². The number of carbonyl (C=O) groups excluding carboxylic acids is 2. The van der Waals surface area contributed by atoms with E-state index in [4.69, 9.17) is 9.84 Å². The Morgan fingerprint density at radius 2 is 1.78 bits per heavy atom. The van der Waals surface area contributed by atoms with Crippen LogP contribution in [-0.4, -0.2) is 50.7 Å². The summed E-state index contributed by atoms with van der Waals surface area (Å²) in [6.45, 7) is 6.97. The Kier molecular flexibility index (Phi) is 8.79. The van der Waals surface area contributed by atoms with Crippen LogP contribution in [0.15, 0.2) is 42.7 Å². The van der Waals surface area contributed by atoms with Gasteiger partial charge in [-0.3, -0.25) is 9.59 Å². The maximum absolute atomic E-state index is 12.0. The van der Waals surface area contributed by atoms with Crippen LogP contribution >= 0.6 is 0 Å². The van der Waals surface area contributed by atoms with Crippen molar-refractivity contribution in [2.45, 2.75) is 77.5 Å². The van der Waals surface area contributed by atoms with Gasteiger partial charge in [-0.05, 0) is 64.5 Å². The number of aryl methyl sites for hydroxylation is 1. The molecule has 9 heteroatoms. The van der Waals surface area contributed by atoms with E-state index in [9.17, 15) is 14.4 Å². The summed E-state index contributed by atoms with van der Waals surface area (Å²) in [5, 5.41) is 14.2. The van der Waals surface area contributed by atoms with Gasteiger partial charge in [-0.15, -0.1) is 0 Å². The molecule has 1 aliphatic carbocycles. The van der Waals surface area contributed by atoms with E-state index >= 15 is 0 Å². The molecule has 0 aliphatic heterocycles. The number of nitrogens with zero attached hydrogens (tertiary/aromatic N) is 2. The Bertz CT molecular complexity index is 1100. The fraction of sp³-hybridized carbons (Fsp3) is 0.444. The molecule has 3 N–H and O–H groups in total. The second kappa shape index (κ2) is 11.8. The predicted octanol–water partition coefficient (Wildman–Crippen LogP) is 4.13. The molecular formula is C27H34N4O5. The number of amides is 2. The minimum atomic E-state index is -1.06. The van der Waals surface area contributed by atoms with E-state index in [2.05, 4.69) is 26.7 Å². The third-order valence-corrected chi connectivity index (χ3v) is 5.76. The van der Waals surface area contributed by atoms with Crippen molar-refractivity contribution in [3.05, 3.63) is 53.9 Å². The summed E-state index contributed by atoms with van der Waals surface area (Å²) < 4.78 is 5.33. The van der Waals surface area contributed by atoms with E-state index in [1.165, 1.54) is 6.92 Å². The topological polar surface area (TPSA) is 131 Å². The summed E-state index contributed by atoms with van der Waals surface area (Å²) in [5.74, 6) is -0.742. The molecule has 1 aromatic carbocycles. The van der Waals surface area contributed by atoms with Crippen LogP contribution in [-0.2, 0) is 20.7 Å². The summed E-state index contributed by atoms with van der Waals surface area (Å²) in [5.41, 5.74) is 3.45. The van der Waals surface area contributed by atoms with Crippen molar-refractivity contribution >= 4 is 23.5 Å². The highest BCUT2D eigenvalue weighted by atomic mass is 16.6. The SMILES string of the molecule is CC(NC(=O)CCc1ccc(-c2ncc(C3=CCC(NC(=O)OC(C)(C)C)CC3)cn2)cc1)C(=O)O. The molecule has 2 atom stereocenters. The van der Waals surface area contributed by atoms with Gasteiger partial charge in [0, 0.05) is 36.0 Å². The van der Waals surface area contributed by atoms with Gasteiger partial charge in [-0.2, -0.15) is 0 Å². The number of carboxylic acid groups (broad SMARTS) is 1. The Morgan fingerprint density at radius 1 is 1.11 bits per heavy atom. The molecular weight excluding hydrogens is 460 g/mol. The third-order valence-electron chi connectivity index (χ3n) is 5.76. The van der Waals surface area contributed by atoms with Gasteiger partial charge in [0.05, 0.1) is 0 Å². The normalized spacial score (nSPS) is 16.4. The molecule has 0 bridgehead atoms. The zero-order valence-electron chi connectivity index (χ0n) is 21.2. The summed E-state index contributed by atoms with van der Waals surface area (Å²) in [4.78, 5) is 43.7. The monoisotopic (exact) mass is 494 g/mol. The van der Waals surface area contributed by atoms with Crippen LogP contribution in [0.2, 0.25) is 0 Å². The van der Waals surface area contributed by atoms with Crippen LogP contribution in [0.5, 0.6) is 0 Å². The van der Waals surface area contributed by atoms with Crippen molar-refractivity contribution in [1.29, 1.82) is 0 Å². The van der Waals surface area contributed by atoms with Crippen molar-refractivity contribution in [2.24, 2.45) is 0 Å². The van der Waals surface area contributed by atoms with Gasteiger partial charge in [0.25, 0.3) is 0 Å². The zero-order chi connectivity index (χ0) is 26.3. The number of alkyl carbamates (subject to hydrolysis) is 1. The van der Waals surface area contributed by atoms with E-state index in [0.717, 1.165) is 41.5 Å². The number of hydrogen-bond donors (Lipinski definition) is 3. The average Bonchev–Trinajstić information content (AvgIpc) is 2.82. The second-order valence-corrected chi connectivity index (χ2v) is 9.97. The Labute approximate surface area is 211 Å². The first kappa shape index (κ1) is 26.8. The molecule has 9 nitrogen and oxygen atoms in total. The molecule has 3 rings (SSSR count). The summed E-state index contributed by atoms with van der Waals surface area (Å²) >= 11 is 0. The number of carboxylic acids is 1. The third kappa shape index (κ3) is 8.18. The number of hydrogen-bond acceptors (Lipinski definition) is 6. The molecule has 0 radical (unpaired) electrons. The number of allylic oxidation sites excluding steroid dienone is 1. The van der Waals surface area contributed by atoms with E-state index in [-0.39, 0.29) is 24.5 Å². The van der Waals surface area contributed by atoms with Crippen LogP contribution in [0.1, 0.15) is 64.5 Å². The van der Waals surface area contributed by atoms with Crippen molar-refractivity contribution in [3.63, 3.8) is 0 Å². The van der Waals surface area contributed by atoms with Crippen LogP contribution in [0, 0.1) is 0 Å². The fourth-order valence-electron chi connectivity index (χ4n) is 3.80. The number of carbonyl (C=O) groups is 3. The van der Waals surface area contributed by atoms with Gasteiger partial charge in [-0.1, -0.05) is 30.3 Å². The van der Waals surface area contributed by atoms with Gasteiger partial charge in [0.1, 0.15) is 11.6 Å². The highest BCUT2D eigenvalue weighted by Gasteiger charge is 2.22. The maximum atomic E-state index is 12.0. The summed E-state index contributed by atoms with van der Waals surface area (Å²) in [7, 11) is 0. The molecule has 0 saturated heterocycles. The number of ether oxygens (including phenoxy) is 1. The lowest BCUT2D eigenvalue weighted by Crippen LogP contribution is -2.39. The molecule has 1 heterocycles. The van der Waals surface area contributed by atoms with Gasteiger partial charge in [0.2, 0.25) is 5.91 Å². The highest BCUT2D eigenvalue weighted by molar-refractivity contribution is 5.83. The number of nitrogens with one attached hydrogen (secondary N) is 2. The van der Waals surface area contributed by atoms with Gasteiger partial charge in [-0.25, -0.2) is 14.8 Å². The number of aromatic nitrogens is 2. The van der Waals surface area contributed by atoms with Crippen molar-refractivity contribution in [3.8, 4) is 11.4 Å². The molecule has 0 fully saturated rings. The molecule has 2 unspecified atom stereocenters. The Balaban J connectivity index is 1.52. The lowest BCUT2D eigenvalue weighted by atomic mass is 9.92. The van der Waals surface area contributed by atoms with Gasteiger partial charge < -0.3 is 20.5 Å². The minimum absolute atomic E-state index is 0.0500. The highest BCUT2D eigenvalue weighted by Crippen LogP contribution is 2.27. The lowest BCUT2D eigenvalue weighted by molar-refractivity contribution is -0.141. The van der Waals surface area contributed by atoms with Gasteiger partial charge >= 0.3 is 12.1 Å². The molecule has 2 amide bonds. The summed E-state index contributed by atoms with van der Waals surface area (Å²) in [6.07, 6.45) is 8.45. The largest absolute Gasteiger partial charge is 0.480 e. The molecule has 36 heavy (non-hydrogen) atoms. The first-order valence-electron chi connectivity index (χ1n) is 12.1. The second-order valence-electron chi connectivity index (χ2n) is 9.97. The Morgan fingerprint density at radius 3 is 2.33 bits per heavy atom. The molecule has 2 aromatic rings. The van der Waals surface area contributed by atoms with E-state index < -0.39 is 17.6 Å². The smallest absolute Gasteiger partial charge is 0.407 e. The first-order chi connectivity index (χ1) is 17.0. The standard InChI is InChI=1S/C27H34N4O5/c1-17(25(33)34)30-23(32)14-7-18-5-8-20(9-6-18)24-28-15-21(16-29-24)19-10-12-22(13-11-19)31-26(35)36-27(2,3)4/h5-6,8-10,15-17,22H,7,11-14H2,1-4H3,(H,30,32)(H,31,35)(H,33,34). The molecule has 192 valence electrons. The van der Waals surface area contributed by atoms with Crippen LogP contribution in [0.3, 0.4) is 0 Å². The van der Waals surface area contributed by atoms with Crippen LogP contribution in [0.25, 0.3) is 17.0 Å². The Hall–Kier alpha value is -3.75. The quantitative estimate of drug-likeness (QED) is 0.503. The minimum Gasteiger partial charge on any atom is -0.480 e. The molecule has 1 aliphatic rings. The van der Waals surface area contributed by atoms with Crippen LogP contribution < -0.4 is 10.6 Å². The van der Waals surface area contributed by atoms with Crippen LogP contribution in [0.4, 0.5) is 4.79 Å². The molecule has 1 aromatic heterocycles. The van der Waals surface area contributed by atoms with E-state index in [1.54, 1.807) is 0 Å². The first-order valence-corrected chi connectivity index (χ1v) is 12.1. The molecule has 0 spiro atoms.